The van der Waals surface area contributed by atoms with Crippen LogP contribution in [0.3, 0.4) is 0 Å². The third kappa shape index (κ3) is 2.90. The molecule has 3 heterocycles. The number of halogens is 1. The molecular formula is C13H18BrN3O2. The molecule has 1 aromatic rings. The van der Waals surface area contributed by atoms with E-state index < -0.39 is 0 Å². The van der Waals surface area contributed by atoms with Gasteiger partial charge in [-0.3, -0.25) is 0 Å². The minimum Gasteiger partial charge on any atom is -0.381 e. The predicted octanol–water partition coefficient (Wildman–Crippen LogP) is 2.01. The van der Waals surface area contributed by atoms with Crippen LogP contribution in [0.4, 0.5) is 5.95 Å². The van der Waals surface area contributed by atoms with E-state index in [1.165, 1.54) is 0 Å². The molecule has 0 saturated carbocycles. The first-order valence-corrected chi connectivity index (χ1v) is 7.44. The van der Waals surface area contributed by atoms with Crippen molar-refractivity contribution < 1.29 is 9.47 Å². The number of nitrogens with zero attached hydrogens (tertiary/aromatic N) is 3. The van der Waals surface area contributed by atoms with Gasteiger partial charge in [0.1, 0.15) is 0 Å². The lowest BCUT2D eigenvalue weighted by Gasteiger charge is -2.47. The molecule has 2 aliphatic rings. The smallest absolute Gasteiger partial charge is 0.225 e. The van der Waals surface area contributed by atoms with Crippen LogP contribution in [-0.2, 0) is 9.47 Å². The van der Waals surface area contributed by atoms with E-state index in [2.05, 4.69) is 37.7 Å². The Kier molecular flexibility index (Phi) is 3.73. The van der Waals surface area contributed by atoms with Gasteiger partial charge in [0, 0.05) is 45.0 Å². The molecule has 0 bridgehead atoms. The van der Waals surface area contributed by atoms with Crippen LogP contribution in [0.1, 0.15) is 19.8 Å². The molecule has 6 heteroatoms. The van der Waals surface area contributed by atoms with Crippen molar-refractivity contribution in [2.75, 3.05) is 31.2 Å². The molecule has 0 amide bonds. The van der Waals surface area contributed by atoms with E-state index in [-0.39, 0.29) is 11.7 Å². The van der Waals surface area contributed by atoms with Crippen LogP contribution in [0.25, 0.3) is 0 Å². The largest absolute Gasteiger partial charge is 0.381 e. The van der Waals surface area contributed by atoms with Crippen LogP contribution < -0.4 is 4.90 Å². The molecule has 3 rings (SSSR count). The van der Waals surface area contributed by atoms with Crippen LogP contribution in [0, 0.1) is 0 Å². The minimum absolute atomic E-state index is 0.0909. The maximum absolute atomic E-state index is 6.20. The van der Waals surface area contributed by atoms with E-state index in [1.807, 2.05) is 0 Å². The number of morpholine rings is 1. The molecule has 2 fully saturated rings. The highest BCUT2D eigenvalue weighted by molar-refractivity contribution is 9.10. The molecule has 1 spiro atoms. The lowest BCUT2D eigenvalue weighted by Crippen LogP contribution is -2.57. The van der Waals surface area contributed by atoms with E-state index in [9.17, 15) is 0 Å². The monoisotopic (exact) mass is 327 g/mol. The summed E-state index contributed by atoms with van der Waals surface area (Å²) in [5.41, 5.74) is -0.0909. The Morgan fingerprint density at radius 1 is 1.32 bits per heavy atom. The average molecular weight is 328 g/mol. The highest BCUT2D eigenvalue weighted by Crippen LogP contribution is 2.32. The fraction of sp³-hybridized carbons (Fsp3) is 0.692. The second-order valence-electron chi connectivity index (χ2n) is 5.31. The van der Waals surface area contributed by atoms with Crippen molar-refractivity contribution in [2.45, 2.75) is 31.5 Å². The van der Waals surface area contributed by atoms with E-state index in [1.54, 1.807) is 12.4 Å². The van der Waals surface area contributed by atoms with Gasteiger partial charge in [-0.05, 0) is 22.9 Å². The summed E-state index contributed by atoms with van der Waals surface area (Å²) >= 11 is 3.37. The molecular weight excluding hydrogens is 310 g/mol. The summed E-state index contributed by atoms with van der Waals surface area (Å²) < 4.78 is 12.6. The van der Waals surface area contributed by atoms with E-state index in [4.69, 9.17) is 9.47 Å². The molecule has 0 aromatic carbocycles. The number of hydrogen-bond donors (Lipinski definition) is 0. The molecule has 0 radical (unpaired) electrons. The summed E-state index contributed by atoms with van der Waals surface area (Å²) in [4.78, 5) is 11.0. The summed E-state index contributed by atoms with van der Waals surface area (Å²) in [7, 11) is 0. The van der Waals surface area contributed by atoms with Crippen molar-refractivity contribution in [1.29, 1.82) is 0 Å². The summed E-state index contributed by atoms with van der Waals surface area (Å²) in [6.07, 6.45) is 5.67. The topological polar surface area (TPSA) is 47.5 Å². The SMILES string of the molecule is CC1CN(c2ncc(Br)cn2)CC2(CCOCC2)O1. The number of rotatable bonds is 1. The third-order valence-corrected chi connectivity index (χ3v) is 4.11. The van der Waals surface area contributed by atoms with E-state index >= 15 is 0 Å². The van der Waals surface area contributed by atoms with Gasteiger partial charge in [-0.25, -0.2) is 9.97 Å². The van der Waals surface area contributed by atoms with Gasteiger partial charge in [0.25, 0.3) is 0 Å². The van der Waals surface area contributed by atoms with Crippen molar-refractivity contribution in [3.8, 4) is 0 Å². The van der Waals surface area contributed by atoms with Crippen LogP contribution >= 0.6 is 15.9 Å². The van der Waals surface area contributed by atoms with E-state index in [0.29, 0.717) is 0 Å². The maximum atomic E-state index is 6.20. The number of aromatic nitrogens is 2. The van der Waals surface area contributed by atoms with Crippen molar-refractivity contribution in [3.05, 3.63) is 16.9 Å². The van der Waals surface area contributed by atoms with Gasteiger partial charge in [-0.2, -0.15) is 0 Å². The molecule has 1 atom stereocenters. The van der Waals surface area contributed by atoms with Gasteiger partial charge < -0.3 is 14.4 Å². The fourth-order valence-corrected chi connectivity index (χ4v) is 3.07. The number of ether oxygens (including phenoxy) is 2. The zero-order valence-corrected chi connectivity index (χ0v) is 12.6. The first-order chi connectivity index (χ1) is 9.17. The van der Waals surface area contributed by atoms with Gasteiger partial charge in [0.2, 0.25) is 5.95 Å². The van der Waals surface area contributed by atoms with Crippen LogP contribution in [-0.4, -0.2) is 48.0 Å². The quantitative estimate of drug-likeness (QED) is 0.789. The molecule has 104 valence electrons. The Labute approximate surface area is 121 Å². The standard InChI is InChI=1S/C13H18BrN3O2/c1-10-8-17(12-15-6-11(14)7-16-12)9-13(19-10)2-4-18-5-3-13/h6-7,10H,2-5,8-9H2,1H3. The summed E-state index contributed by atoms with van der Waals surface area (Å²) in [5, 5.41) is 0. The first kappa shape index (κ1) is 13.3. The Bertz CT molecular complexity index is 434. The van der Waals surface area contributed by atoms with Gasteiger partial charge in [0.15, 0.2) is 0 Å². The summed E-state index contributed by atoms with van der Waals surface area (Å²) in [6.45, 7) is 5.36. The molecule has 0 aliphatic carbocycles. The van der Waals surface area contributed by atoms with Crippen molar-refractivity contribution in [1.82, 2.24) is 9.97 Å². The van der Waals surface area contributed by atoms with Crippen molar-refractivity contribution in [3.63, 3.8) is 0 Å². The number of hydrogen-bond acceptors (Lipinski definition) is 5. The maximum Gasteiger partial charge on any atom is 0.225 e. The third-order valence-electron chi connectivity index (χ3n) is 3.70. The normalized spacial score (nSPS) is 26.6. The Morgan fingerprint density at radius 2 is 2.00 bits per heavy atom. The first-order valence-electron chi connectivity index (χ1n) is 6.65. The molecule has 1 aromatic heterocycles. The fourth-order valence-electron chi connectivity index (χ4n) is 2.86. The lowest BCUT2D eigenvalue weighted by molar-refractivity contribution is -0.146. The Morgan fingerprint density at radius 3 is 2.68 bits per heavy atom. The second-order valence-corrected chi connectivity index (χ2v) is 6.22. The molecule has 5 nitrogen and oxygen atoms in total. The van der Waals surface area contributed by atoms with Gasteiger partial charge >= 0.3 is 0 Å². The minimum atomic E-state index is -0.0909. The predicted molar refractivity (Wildman–Crippen MR) is 75.3 cm³/mol. The highest BCUT2D eigenvalue weighted by Gasteiger charge is 2.41. The molecule has 19 heavy (non-hydrogen) atoms. The Balaban J connectivity index is 1.80. The average Bonchev–Trinajstić information content (AvgIpc) is 2.39. The van der Waals surface area contributed by atoms with Gasteiger partial charge in [0.05, 0.1) is 22.7 Å². The summed E-state index contributed by atoms with van der Waals surface area (Å²) in [5.74, 6) is 0.782. The van der Waals surface area contributed by atoms with Gasteiger partial charge in [-0.15, -0.1) is 0 Å². The highest BCUT2D eigenvalue weighted by atomic mass is 79.9. The van der Waals surface area contributed by atoms with Crippen LogP contribution in [0.15, 0.2) is 16.9 Å². The Hall–Kier alpha value is -0.720. The van der Waals surface area contributed by atoms with Crippen LogP contribution in [0.5, 0.6) is 0 Å². The summed E-state index contributed by atoms with van der Waals surface area (Å²) in [6, 6.07) is 0. The molecule has 2 saturated heterocycles. The molecule has 2 aliphatic heterocycles. The second kappa shape index (κ2) is 5.34. The lowest BCUT2D eigenvalue weighted by atomic mass is 9.91. The molecule has 1 unspecified atom stereocenters. The van der Waals surface area contributed by atoms with Crippen LogP contribution in [0.2, 0.25) is 0 Å². The van der Waals surface area contributed by atoms with Gasteiger partial charge in [-0.1, -0.05) is 0 Å². The number of anilines is 1. The van der Waals surface area contributed by atoms with Crippen molar-refractivity contribution >= 4 is 21.9 Å². The zero-order valence-electron chi connectivity index (χ0n) is 11.0. The zero-order chi connectivity index (χ0) is 13.3. The molecule has 0 N–H and O–H groups in total. The van der Waals surface area contributed by atoms with E-state index in [0.717, 1.165) is 49.6 Å². The van der Waals surface area contributed by atoms with Crippen molar-refractivity contribution in [2.24, 2.45) is 0 Å².